The first kappa shape index (κ1) is 20.2. The smallest absolute Gasteiger partial charge is 0.251 e. The molecule has 0 saturated heterocycles. The van der Waals surface area contributed by atoms with Gasteiger partial charge in [0, 0.05) is 28.6 Å². The van der Waals surface area contributed by atoms with Crippen LogP contribution in [0.15, 0.2) is 54.1 Å². The van der Waals surface area contributed by atoms with Crippen LogP contribution < -0.4 is 15.4 Å². The first-order valence-corrected chi connectivity index (χ1v) is 8.43. The number of hydrogen-bond acceptors (Lipinski definition) is 4. The van der Waals surface area contributed by atoms with E-state index in [0.29, 0.717) is 27.7 Å². The van der Waals surface area contributed by atoms with Crippen LogP contribution in [0.4, 0.5) is 11.4 Å². The van der Waals surface area contributed by atoms with Crippen LogP contribution in [0.5, 0.6) is 5.75 Å². The summed E-state index contributed by atoms with van der Waals surface area (Å²) < 4.78 is 5.05. The van der Waals surface area contributed by atoms with Crippen molar-refractivity contribution in [2.75, 3.05) is 17.7 Å². The molecule has 0 aliphatic heterocycles. The Morgan fingerprint density at radius 1 is 0.963 bits per heavy atom. The van der Waals surface area contributed by atoms with E-state index in [1.807, 2.05) is 0 Å². The van der Waals surface area contributed by atoms with Gasteiger partial charge in [0.15, 0.2) is 5.78 Å². The van der Waals surface area contributed by atoms with Gasteiger partial charge in [-0.3, -0.25) is 14.4 Å². The number of nitrogens with one attached hydrogen (secondary N) is 2. The summed E-state index contributed by atoms with van der Waals surface area (Å²) in [6.45, 7) is 2.99. The molecular formula is C20H19ClN2O4. The average Bonchev–Trinajstić information content (AvgIpc) is 2.62. The maximum absolute atomic E-state index is 12.2. The van der Waals surface area contributed by atoms with Crippen molar-refractivity contribution in [2.24, 2.45) is 0 Å². The molecule has 0 spiro atoms. The Labute approximate surface area is 162 Å². The van der Waals surface area contributed by atoms with Gasteiger partial charge in [-0.25, -0.2) is 0 Å². The SMILES string of the molecule is COc1ccc(NC(=O)/C(C)=C/C(=O)Nc2ccc(C(C)=O)cc2)cc1Cl. The van der Waals surface area contributed by atoms with E-state index in [0.717, 1.165) is 0 Å². The van der Waals surface area contributed by atoms with Crippen molar-refractivity contribution in [2.45, 2.75) is 13.8 Å². The van der Waals surface area contributed by atoms with Gasteiger partial charge in [-0.15, -0.1) is 0 Å². The van der Waals surface area contributed by atoms with Crippen LogP contribution in [-0.4, -0.2) is 24.7 Å². The lowest BCUT2D eigenvalue weighted by atomic mass is 10.1. The topological polar surface area (TPSA) is 84.5 Å². The molecule has 2 N–H and O–H groups in total. The summed E-state index contributed by atoms with van der Waals surface area (Å²) in [5.41, 5.74) is 1.78. The number of amides is 2. The van der Waals surface area contributed by atoms with E-state index in [4.69, 9.17) is 16.3 Å². The summed E-state index contributed by atoms with van der Waals surface area (Å²) in [7, 11) is 1.50. The fourth-order valence-electron chi connectivity index (χ4n) is 2.20. The lowest BCUT2D eigenvalue weighted by Crippen LogP contribution is -2.16. The molecule has 0 aromatic heterocycles. The van der Waals surface area contributed by atoms with Crippen molar-refractivity contribution in [1.82, 2.24) is 0 Å². The van der Waals surface area contributed by atoms with Gasteiger partial charge in [-0.05, 0) is 56.3 Å². The number of ketones is 1. The Kier molecular flexibility index (Phi) is 6.73. The lowest BCUT2D eigenvalue weighted by Gasteiger charge is -2.08. The highest BCUT2D eigenvalue weighted by molar-refractivity contribution is 6.32. The summed E-state index contributed by atoms with van der Waals surface area (Å²) >= 11 is 6.02. The van der Waals surface area contributed by atoms with Crippen molar-refractivity contribution in [3.8, 4) is 5.75 Å². The van der Waals surface area contributed by atoms with Crippen LogP contribution in [0.25, 0.3) is 0 Å². The molecule has 0 aliphatic carbocycles. The summed E-state index contributed by atoms with van der Waals surface area (Å²) in [4.78, 5) is 35.5. The van der Waals surface area contributed by atoms with Crippen molar-refractivity contribution in [3.05, 3.63) is 64.7 Å². The van der Waals surface area contributed by atoms with Crippen molar-refractivity contribution < 1.29 is 19.1 Å². The molecule has 2 amide bonds. The molecule has 0 radical (unpaired) electrons. The summed E-state index contributed by atoms with van der Waals surface area (Å²) in [6.07, 6.45) is 1.19. The number of rotatable bonds is 6. The Bertz CT molecular complexity index is 905. The molecule has 2 aromatic carbocycles. The quantitative estimate of drug-likeness (QED) is 0.578. The van der Waals surface area contributed by atoms with E-state index in [-0.39, 0.29) is 11.4 Å². The van der Waals surface area contributed by atoms with Crippen LogP contribution in [0.3, 0.4) is 0 Å². The molecule has 0 unspecified atom stereocenters. The number of Topliss-reactive ketones (excluding diaryl/α,β-unsaturated/α-hetero) is 1. The molecule has 2 rings (SSSR count). The van der Waals surface area contributed by atoms with E-state index < -0.39 is 11.8 Å². The fourth-order valence-corrected chi connectivity index (χ4v) is 2.46. The van der Waals surface area contributed by atoms with Gasteiger partial charge in [0.2, 0.25) is 5.91 Å². The van der Waals surface area contributed by atoms with Crippen molar-refractivity contribution >= 4 is 40.6 Å². The number of carbonyl (C=O) groups excluding carboxylic acids is 3. The van der Waals surface area contributed by atoms with Gasteiger partial charge in [0.05, 0.1) is 12.1 Å². The molecule has 0 atom stereocenters. The van der Waals surface area contributed by atoms with Crippen LogP contribution in [0.1, 0.15) is 24.2 Å². The zero-order valence-electron chi connectivity index (χ0n) is 15.1. The van der Waals surface area contributed by atoms with Crippen LogP contribution in [0, 0.1) is 0 Å². The Morgan fingerprint density at radius 3 is 2.15 bits per heavy atom. The van der Waals surface area contributed by atoms with Gasteiger partial charge in [0.1, 0.15) is 5.75 Å². The number of hydrogen-bond donors (Lipinski definition) is 2. The second kappa shape index (κ2) is 9.00. The molecule has 0 saturated carbocycles. The van der Waals surface area contributed by atoms with E-state index in [9.17, 15) is 14.4 Å². The molecule has 7 heteroatoms. The summed E-state index contributed by atoms with van der Waals surface area (Å²) in [6, 6.07) is 11.3. The molecule has 6 nitrogen and oxygen atoms in total. The third kappa shape index (κ3) is 5.69. The minimum Gasteiger partial charge on any atom is -0.495 e. The predicted molar refractivity (Wildman–Crippen MR) is 105 cm³/mol. The van der Waals surface area contributed by atoms with Crippen molar-refractivity contribution in [1.29, 1.82) is 0 Å². The zero-order chi connectivity index (χ0) is 20.0. The third-order valence-corrected chi connectivity index (χ3v) is 3.97. The van der Waals surface area contributed by atoms with E-state index in [1.165, 1.54) is 27.0 Å². The molecule has 2 aromatic rings. The molecule has 0 aliphatic rings. The number of benzene rings is 2. The number of methoxy groups -OCH3 is 1. The Hall–Kier alpha value is -3.12. The van der Waals surface area contributed by atoms with Gasteiger partial charge >= 0.3 is 0 Å². The van der Waals surface area contributed by atoms with Crippen LogP contribution >= 0.6 is 11.6 Å². The number of carbonyl (C=O) groups is 3. The van der Waals surface area contributed by atoms with Crippen LogP contribution in [0.2, 0.25) is 5.02 Å². The molecule has 140 valence electrons. The monoisotopic (exact) mass is 386 g/mol. The van der Waals surface area contributed by atoms with E-state index in [1.54, 1.807) is 42.5 Å². The van der Waals surface area contributed by atoms with Gasteiger partial charge in [-0.1, -0.05) is 11.6 Å². The highest BCUT2D eigenvalue weighted by Crippen LogP contribution is 2.27. The van der Waals surface area contributed by atoms with Crippen molar-refractivity contribution in [3.63, 3.8) is 0 Å². The Morgan fingerprint density at radius 2 is 1.59 bits per heavy atom. The zero-order valence-corrected chi connectivity index (χ0v) is 15.9. The van der Waals surface area contributed by atoms with E-state index >= 15 is 0 Å². The molecule has 0 heterocycles. The van der Waals surface area contributed by atoms with Gasteiger partial charge < -0.3 is 15.4 Å². The fraction of sp³-hybridized carbons (Fsp3) is 0.150. The third-order valence-electron chi connectivity index (χ3n) is 3.67. The standard InChI is InChI=1S/C20H19ClN2O4/c1-12(20(26)23-16-8-9-18(27-3)17(21)11-16)10-19(25)22-15-6-4-14(5-7-15)13(2)24/h4-11H,1-3H3,(H,22,25)(H,23,26)/b12-10+. The lowest BCUT2D eigenvalue weighted by molar-refractivity contribution is -0.114. The molecule has 27 heavy (non-hydrogen) atoms. The minimum absolute atomic E-state index is 0.0566. The molecule has 0 fully saturated rings. The van der Waals surface area contributed by atoms with Crippen LogP contribution in [-0.2, 0) is 9.59 Å². The largest absolute Gasteiger partial charge is 0.495 e. The number of anilines is 2. The second-order valence-corrected chi connectivity index (χ2v) is 6.16. The average molecular weight is 387 g/mol. The maximum Gasteiger partial charge on any atom is 0.251 e. The minimum atomic E-state index is -0.453. The Balaban J connectivity index is 2.00. The molecule has 0 bridgehead atoms. The van der Waals surface area contributed by atoms with Gasteiger partial charge in [-0.2, -0.15) is 0 Å². The second-order valence-electron chi connectivity index (χ2n) is 5.75. The highest BCUT2D eigenvalue weighted by Gasteiger charge is 2.09. The highest BCUT2D eigenvalue weighted by atomic mass is 35.5. The summed E-state index contributed by atoms with van der Waals surface area (Å²) in [5.74, 6) is -0.444. The van der Waals surface area contributed by atoms with Gasteiger partial charge in [0.25, 0.3) is 5.91 Å². The predicted octanol–water partition coefficient (Wildman–Crippen LogP) is 4.07. The first-order chi connectivity index (χ1) is 12.8. The number of ether oxygens (including phenoxy) is 1. The normalized spacial score (nSPS) is 10.9. The number of halogens is 1. The first-order valence-electron chi connectivity index (χ1n) is 8.05. The van der Waals surface area contributed by atoms with E-state index in [2.05, 4.69) is 10.6 Å². The summed E-state index contributed by atoms with van der Waals surface area (Å²) in [5, 5.41) is 5.66. The molecular weight excluding hydrogens is 368 g/mol. The maximum atomic E-state index is 12.2.